The average molecular weight is 619 g/mol. The Bertz CT molecular complexity index is 1870. The van der Waals surface area contributed by atoms with Crippen LogP contribution in [-0.4, -0.2) is 22.2 Å². The summed E-state index contributed by atoms with van der Waals surface area (Å²) < 4.78 is 0. The number of allylic oxidation sites excluding steroid dienone is 2. The molecule has 8 bridgehead atoms. The number of hydrogen-bond donors (Lipinski definition) is 2. The molecule has 0 radical (unpaired) electrons. The van der Waals surface area contributed by atoms with E-state index in [1.807, 2.05) is 51.2 Å². The summed E-state index contributed by atoms with van der Waals surface area (Å²) in [6.07, 6.45) is 11.2. The molecular weight excluding hydrogens is 584 g/mol. The Labute approximate surface area is 261 Å². The molecule has 2 fully saturated rings. The van der Waals surface area contributed by atoms with Gasteiger partial charge < -0.3 is 30.5 Å². The van der Waals surface area contributed by atoms with Crippen LogP contribution < -0.4 is 25.7 Å². The second kappa shape index (κ2) is 11.0. The average Bonchev–Trinajstić information content (AvgIpc) is 3.32. The summed E-state index contributed by atoms with van der Waals surface area (Å²) >= 11 is 0. The molecule has 43 heavy (non-hydrogen) atoms. The third-order valence-electron chi connectivity index (χ3n) is 9.57. The second-order valence-electron chi connectivity index (χ2n) is 11.7. The fourth-order valence-corrected chi connectivity index (χ4v) is 6.91. The molecule has 8 nitrogen and oxygen atoms in total. The van der Waals surface area contributed by atoms with Crippen LogP contribution in [0, 0.1) is 38.0 Å². The van der Waals surface area contributed by atoms with E-state index in [4.69, 9.17) is 20.3 Å². The van der Waals surface area contributed by atoms with Gasteiger partial charge in [-0.3, -0.25) is 9.59 Å². The van der Waals surface area contributed by atoms with Crippen LogP contribution >= 0.6 is 0 Å². The predicted molar refractivity (Wildman–Crippen MR) is 162 cm³/mol. The van der Waals surface area contributed by atoms with Crippen molar-refractivity contribution in [1.82, 2.24) is 15.0 Å². The van der Waals surface area contributed by atoms with Crippen LogP contribution in [0.4, 0.5) is 0 Å². The summed E-state index contributed by atoms with van der Waals surface area (Å²) in [7, 11) is 0. The van der Waals surface area contributed by atoms with Crippen LogP contribution in [0.3, 0.4) is 0 Å². The van der Waals surface area contributed by atoms with E-state index in [9.17, 15) is 19.8 Å². The summed E-state index contributed by atoms with van der Waals surface area (Å²) in [5.41, 5.74) is 9.70. The molecule has 3 aromatic heterocycles. The Kier molecular flexibility index (Phi) is 7.78. The Hall–Kier alpha value is -3.94. The quantitative estimate of drug-likeness (QED) is 0.397. The Morgan fingerprint density at radius 3 is 2.14 bits per heavy atom. The summed E-state index contributed by atoms with van der Waals surface area (Å²) in [6.45, 7) is 14.2. The fourth-order valence-electron chi connectivity index (χ4n) is 6.91. The van der Waals surface area contributed by atoms with E-state index >= 15 is 0 Å². The van der Waals surface area contributed by atoms with Crippen molar-refractivity contribution in [1.29, 1.82) is 0 Å². The predicted octanol–water partition coefficient (Wildman–Crippen LogP) is 4.17. The SMILES string of the molecule is C=Cc1c(C)/c2[n-]/c1=C\c1[n-]c(c(CC)c1C)/C=C1\[N-]/C(=C\c3[n-]c(c(C)c3CCC(=O)O)\C=2)[C@]2(C[C@H]2C(=O)O)C1C.[Fe+4]. The van der Waals surface area contributed by atoms with Crippen molar-refractivity contribution < 1.29 is 36.9 Å². The molecule has 3 aromatic rings. The number of carbonyl (C=O) groups is 2. The van der Waals surface area contributed by atoms with Crippen molar-refractivity contribution in [3.05, 3.63) is 90.1 Å². The maximum absolute atomic E-state index is 12.3. The van der Waals surface area contributed by atoms with E-state index in [1.54, 1.807) is 0 Å². The van der Waals surface area contributed by atoms with Gasteiger partial charge >= 0.3 is 29.0 Å². The molecule has 9 heteroatoms. The number of carboxylic acids is 2. The largest absolute Gasteiger partial charge is 4.00 e. The summed E-state index contributed by atoms with van der Waals surface area (Å²) in [4.78, 5) is 38.7. The second-order valence-corrected chi connectivity index (χ2v) is 11.7. The standard InChI is InChI=1S/C34H34N4O4.Fe/c1-7-20-16(3)24-11-25-18(5)22(9-10-32(39)40)30(37-25)14-31-34(15-23(34)33(41)42)19(6)27(38-31)13-29-21(8-2)17(4)26(36-29)12-28(20)35-24;/h7,11-14,19,23H,1,8-10,15H2,2-6H3,(H,39,40)(H,41,42);/q-4;+4/b24-11-,27-13-,28-12-,31-14-;/t19?,23-,34+;/m0./s1. The van der Waals surface area contributed by atoms with Crippen LogP contribution in [0.15, 0.2) is 18.0 Å². The number of fused-ring (bicyclic) bond motifs is 9. The monoisotopic (exact) mass is 618 g/mol. The van der Waals surface area contributed by atoms with Gasteiger partial charge in [0.15, 0.2) is 0 Å². The molecule has 1 spiro atoms. The van der Waals surface area contributed by atoms with Crippen molar-refractivity contribution in [2.24, 2.45) is 17.3 Å². The molecule has 0 aromatic carbocycles. The third-order valence-corrected chi connectivity index (χ3v) is 9.57. The first-order valence-corrected chi connectivity index (χ1v) is 14.4. The molecule has 2 N–H and O–H groups in total. The van der Waals surface area contributed by atoms with Crippen molar-refractivity contribution in [3.8, 4) is 0 Å². The van der Waals surface area contributed by atoms with Crippen molar-refractivity contribution in [2.75, 3.05) is 0 Å². The Morgan fingerprint density at radius 1 is 0.930 bits per heavy atom. The first-order chi connectivity index (χ1) is 20.0. The molecule has 1 saturated carbocycles. The van der Waals surface area contributed by atoms with E-state index < -0.39 is 23.3 Å². The first-order valence-electron chi connectivity index (χ1n) is 14.4. The van der Waals surface area contributed by atoms with Gasteiger partial charge in [-0.2, -0.15) is 11.4 Å². The van der Waals surface area contributed by atoms with Crippen LogP contribution in [-0.2, 0) is 39.5 Å². The molecule has 3 aliphatic rings. The van der Waals surface area contributed by atoms with Crippen LogP contribution in [0.1, 0.15) is 82.8 Å². The van der Waals surface area contributed by atoms with E-state index in [1.165, 1.54) is 0 Å². The first kappa shape index (κ1) is 30.5. The van der Waals surface area contributed by atoms with Crippen LogP contribution in [0.2, 0.25) is 0 Å². The smallest absolute Gasteiger partial charge is 0.664 e. The van der Waals surface area contributed by atoms with E-state index in [-0.39, 0.29) is 29.4 Å². The van der Waals surface area contributed by atoms with Crippen LogP contribution in [0.25, 0.3) is 35.7 Å². The third kappa shape index (κ3) is 4.75. The number of carboxylic acid groups (broad SMARTS) is 2. The summed E-state index contributed by atoms with van der Waals surface area (Å²) in [5, 5.41) is 26.1. The van der Waals surface area contributed by atoms with Gasteiger partial charge in [0.2, 0.25) is 0 Å². The van der Waals surface area contributed by atoms with Crippen molar-refractivity contribution >= 4 is 42.3 Å². The molecular formula is C34H34FeN4O4. The Morgan fingerprint density at radius 2 is 1.56 bits per heavy atom. The van der Waals surface area contributed by atoms with Gasteiger partial charge in [0, 0.05) is 6.42 Å². The van der Waals surface area contributed by atoms with Gasteiger partial charge in [-0.15, -0.1) is 33.5 Å². The van der Waals surface area contributed by atoms with Gasteiger partial charge in [-0.1, -0.05) is 78.6 Å². The number of nitrogens with zero attached hydrogens (tertiary/aromatic N) is 4. The summed E-state index contributed by atoms with van der Waals surface area (Å²) in [6, 6.07) is 0. The molecule has 222 valence electrons. The molecule has 1 unspecified atom stereocenters. The number of aliphatic carboxylic acids is 2. The Balaban J connectivity index is 0.00000368. The minimum Gasteiger partial charge on any atom is -0.664 e. The molecule has 1 aliphatic carbocycles. The fraction of sp³-hybridized carbons (Fsp3) is 0.353. The van der Waals surface area contributed by atoms with Gasteiger partial charge in [0.05, 0.1) is 5.92 Å². The molecule has 6 rings (SSSR count). The molecule has 1 saturated heterocycles. The number of hydrogen-bond acceptors (Lipinski definition) is 2. The number of aromatic nitrogens is 3. The van der Waals surface area contributed by atoms with Gasteiger partial charge in [-0.05, 0) is 56.9 Å². The minimum atomic E-state index is -0.889. The van der Waals surface area contributed by atoms with Crippen molar-refractivity contribution in [3.63, 3.8) is 0 Å². The molecule has 5 heterocycles. The van der Waals surface area contributed by atoms with Crippen LogP contribution in [0.5, 0.6) is 0 Å². The molecule has 0 amide bonds. The van der Waals surface area contributed by atoms with Gasteiger partial charge in [0.25, 0.3) is 0 Å². The maximum Gasteiger partial charge on any atom is 4.00 e. The van der Waals surface area contributed by atoms with E-state index in [0.717, 1.165) is 67.6 Å². The summed E-state index contributed by atoms with van der Waals surface area (Å²) in [5.74, 6) is -2.40. The zero-order chi connectivity index (χ0) is 30.1. The normalized spacial score (nSPS) is 25.6. The molecule has 2 aliphatic heterocycles. The number of rotatable bonds is 6. The minimum absolute atomic E-state index is 0. The van der Waals surface area contributed by atoms with Crippen molar-refractivity contribution in [2.45, 2.75) is 60.3 Å². The topological polar surface area (TPSA) is 131 Å². The van der Waals surface area contributed by atoms with Gasteiger partial charge in [-0.25, -0.2) is 0 Å². The molecule has 3 atom stereocenters. The zero-order valence-corrected chi connectivity index (χ0v) is 26.0. The van der Waals surface area contributed by atoms with E-state index in [0.29, 0.717) is 29.9 Å². The van der Waals surface area contributed by atoms with Gasteiger partial charge in [0.1, 0.15) is 0 Å². The van der Waals surface area contributed by atoms with E-state index in [2.05, 4.69) is 20.4 Å². The maximum atomic E-state index is 12.3. The zero-order valence-electron chi connectivity index (χ0n) is 24.9.